The van der Waals surface area contributed by atoms with Crippen molar-refractivity contribution in [3.05, 3.63) is 135 Å². The molecule has 61 heavy (non-hydrogen) atoms. The molecule has 4 aromatic carbocycles. The summed E-state index contributed by atoms with van der Waals surface area (Å²) in [4.78, 5) is 33.2. The number of aryl methyl sites for hydroxylation is 2. The Balaban J connectivity index is 1.32. The Morgan fingerprint density at radius 1 is 0.869 bits per heavy atom. The van der Waals surface area contributed by atoms with Crippen LogP contribution < -0.4 is 4.52 Å². The first kappa shape index (κ1) is 43.5. The summed E-state index contributed by atoms with van der Waals surface area (Å²) in [7, 11) is -5.06. The molecule has 0 saturated heterocycles. The lowest BCUT2D eigenvalue weighted by Crippen LogP contribution is -2.36. The Bertz CT molecular complexity index is 2710. The molecule has 3 heterocycles. The average Bonchev–Trinajstić information content (AvgIpc) is 3.86. The topological polar surface area (TPSA) is 119 Å². The molecule has 0 unspecified atom stereocenters. The predicted molar refractivity (Wildman–Crippen MR) is 207 cm³/mol. The van der Waals surface area contributed by atoms with Crippen LogP contribution in [0.25, 0.3) is 27.8 Å². The first-order valence-corrected chi connectivity index (χ1v) is 20.3. The zero-order valence-corrected chi connectivity index (χ0v) is 33.7. The molecule has 1 aliphatic heterocycles. The molecule has 0 fully saturated rings. The van der Waals surface area contributed by atoms with Crippen LogP contribution in [0.1, 0.15) is 72.3 Å². The number of benzene rings is 4. The van der Waals surface area contributed by atoms with E-state index in [1.54, 1.807) is 23.4 Å². The van der Waals surface area contributed by atoms with E-state index in [9.17, 15) is 40.1 Å². The quantitative estimate of drug-likeness (QED) is 0.103. The number of ether oxygens (including phenoxy) is 1. The average molecular weight is 877 g/mol. The zero-order valence-electron chi connectivity index (χ0n) is 32.8. The number of halogens is 8. The van der Waals surface area contributed by atoms with Crippen LogP contribution in [0.4, 0.5) is 39.9 Å². The van der Waals surface area contributed by atoms with E-state index in [1.807, 2.05) is 32.0 Å². The second kappa shape index (κ2) is 15.7. The van der Waals surface area contributed by atoms with E-state index < -0.39 is 73.5 Å². The number of rotatable bonds is 10. The van der Waals surface area contributed by atoms with E-state index in [1.165, 1.54) is 24.4 Å². The first-order valence-electron chi connectivity index (χ1n) is 18.8. The van der Waals surface area contributed by atoms with Crippen LogP contribution in [0.15, 0.2) is 79.0 Å². The van der Waals surface area contributed by atoms with Crippen molar-refractivity contribution < 1.29 is 63.5 Å². The molecule has 2 aromatic heterocycles. The Labute approximate surface area is 343 Å². The first-order chi connectivity index (χ1) is 28.5. The number of hydrogen-bond donors (Lipinski definition) is 2. The summed E-state index contributed by atoms with van der Waals surface area (Å²) < 4.78 is 137. The molecule has 0 atom stereocenters. The van der Waals surface area contributed by atoms with Gasteiger partial charge < -0.3 is 9.26 Å². The fraction of sp³-hybridized carbons (Fsp3) is 0.286. The maximum Gasteiger partial charge on any atom is 0.524 e. The summed E-state index contributed by atoms with van der Waals surface area (Å²) >= 11 is 0. The minimum atomic E-state index is -5.09. The van der Waals surface area contributed by atoms with E-state index in [0.29, 0.717) is 41.4 Å². The van der Waals surface area contributed by atoms with Crippen LogP contribution in [0.2, 0.25) is 0 Å². The van der Waals surface area contributed by atoms with Crippen molar-refractivity contribution in [3.8, 4) is 22.7 Å². The standard InChI is InChI=1S/C42H37F8N4O6P/c1-5-24-8-7-9-25(6-2)35(24)54-36(30-21-52(40(3,4)38(30)51-54)20-26-11-12-27(41(45,46)47)19-31(26)42(48,49)50)28-13-14-32(43)37-29(28)16-17-53(37)39(55)59-22-23-10-15-34(33(44)18-23)60-61(56,57)58/h7-19H,5-6,20-22H2,1-4H3,(H2,56,57,58). The van der Waals surface area contributed by atoms with Crippen molar-refractivity contribution in [2.24, 2.45) is 0 Å². The van der Waals surface area contributed by atoms with Crippen LogP contribution in [0.3, 0.4) is 0 Å². The zero-order chi connectivity index (χ0) is 44.4. The number of hydrogen-bond acceptors (Lipinski definition) is 6. The third-order valence-corrected chi connectivity index (χ3v) is 11.2. The number of nitrogens with zero attached hydrogens (tertiary/aromatic N) is 4. The number of aromatic nitrogens is 3. The summed E-state index contributed by atoms with van der Waals surface area (Å²) in [5, 5.41) is 5.35. The number of phosphoric acid groups is 1. The minimum Gasteiger partial charge on any atom is -0.444 e. The highest BCUT2D eigenvalue weighted by molar-refractivity contribution is 7.46. The van der Waals surface area contributed by atoms with Crippen molar-refractivity contribution in [2.75, 3.05) is 0 Å². The molecule has 322 valence electrons. The summed E-state index contributed by atoms with van der Waals surface area (Å²) in [5.41, 5.74) is 0.0274. The number of fused-ring (bicyclic) bond motifs is 2. The minimum absolute atomic E-state index is 0.0120. The Morgan fingerprint density at radius 2 is 1.56 bits per heavy atom. The number of alkyl halides is 6. The molecule has 2 N–H and O–H groups in total. The van der Waals surface area contributed by atoms with Gasteiger partial charge in [-0.3, -0.25) is 14.7 Å². The smallest absolute Gasteiger partial charge is 0.444 e. The lowest BCUT2D eigenvalue weighted by molar-refractivity contribution is -0.143. The van der Waals surface area contributed by atoms with Crippen molar-refractivity contribution in [1.29, 1.82) is 0 Å². The van der Waals surface area contributed by atoms with E-state index in [-0.39, 0.29) is 34.6 Å². The maximum atomic E-state index is 15.9. The highest BCUT2D eigenvalue weighted by Crippen LogP contribution is 2.48. The monoisotopic (exact) mass is 876 g/mol. The molecule has 7 rings (SSSR count). The molecular formula is C42H37F8N4O6P. The Hall–Kier alpha value is -5.55. The lowest BCUT2D eigenvalue weighted by atomic mass is 9.96. The van der Waals surface area contributed by atoms with Gasteiger partial charge in [0, 0.05) is 35.8 Å². The fourth-order valence-electron chi connectivity index (χ4n) is 7.80. The second-order valence-electron chi connectivity index (χ2n) is 14.9. The van der Waals surface area contributed by atoms with Crippen molar-refractivity contribution in [2.45, 2.75) is 78.1 Å². The summed E-state index contributed by atoms with van der Waals surface area (Å²) in [5.74, 6) is -2.69. The molecular weight excluding hydrogens is 839 g/mol. The second-order valence-corrected chi connectivity index (χ2v) is 16.1. The molecule has 19 heteroatoms. The molecule has 0 saturated carbocycles. The van der Waals surface area contributed by atoms with Gasteiger partial charge in [0.15, 0.2) is 11.6 Å². The van der Waals surface area contributed by atoms with Crippen LogP contribution in [0, 0.1) is 11.6 Å². The Morgan fingerprint density at radius 3 is 2.16 bits per heavy atom. The van der Waals surface area contributed by atoms with Crippen LogP contribution >= 0.6 is 7.82 Å². The summed E-state index contributed by atoms with van der Waals surface area (Å²) in [6.45, 7) is 6.49. The molecule has 0 radical (unpaired) electrons. The van der Waals surface area contributed by atoms with Crippen LogP contribution in [-0.2, 0) is 59.7 Å². The van der Waals surface area contributed by atoms with Crippen LogP contribution in [-0.4, -0.2) is 35.1 Å². The molecule has 10 nitrogen and oxygen atoms in total. The number of phosphoric ester groups is 1. The Kier molecular flexibility index (Phi) is 11.2. The number of carbonyl (C=O) groups excluding carboxylic acids is 1. The predicted octanol–water partition coefficient (Wildman–Crippen LogP) is 10.8. The molecule has 1 aliphatic rings. The molecule has 0 bridgehead atoms. The van der Waals surface area contributed by atoms with E-state index in [2.05, 4.69) is 4.52 Å². The lowest BCUT2D eigenvalue weighted by Gasteiger charge is -2.33. The van der Waals surface area contributed by atoms with Gasteiger partial charge >= 0.3 is 26.3 Å². The fourth-order valence-corrected chi connectivity index (χ4v) is 8.20. The normalized spacial score (nSPS) is 14.5. The van der Waals surface area contributed by atoms with Gasteiger partial charge in [0.1, 0.15) is 12.4 Å². The number of carbonyl (C=O) groups is 1. The summed E-state index contributed by atoms with van der Waals surface area (Å²) in [6, 6.07) is 14.5. The van der Waals surface area contributed by atoms with Gasteiger partial charge in [-0.05, 0) is 91.4 Å². The third kappa shape index (κ3) is 8.29. The maximum absolute atomic E-state index is 15.9. The van der Waals surface area contributed by atoms with Gasteiger partial charge in [0.25, 0.3) is 0 Å². The van der Waals surface area contributed by atoms with Gasteiger partial charge in [-0.15, -0.1) is 0 Å². The third-order valence-electron chi connectivity index (χ3n) is 10.8. The van der Waals surface area contributed by atoms with Crippen molar-refractivity contribution in [3.63, 3.8) is 0 Å². The van der Waals surface area contributed by atoms with E-state index >= 15 is 4.39 Å². The molecule has 0 spiro atoms. The van der Waals surface area contributed by atoms with Gasteiger partial charge in [0.2, 0.25) is 0 Å². The van der Waals surface area contributed by atoms with Gasteiger partial charge in [-0.1, -0.05) is 44.2 Å². The molecule has 0 amide bonds. The van der Waals surface area contributed by atoms with Crippen molar-refractivity contribution >= 4 is 24.8 Å². The van der Waals surface area contributed by atoms with E-state index in [4.69, 9.17) is 19.6 Å². The molecule has 6 aromatic rings. The van der Waals surface area contributed by atoms with Gasteiger partial charge in [-0.25, -0.2) is 27.4 Å². The van der Waals surface area contributed by atoms with Crippen molar-refractivity contribution in [1.82, 2.24) is 19.2 Å². The highest BCUT2D eigenvalue weighted by atomic mass is 31.2. The van der Waals surface area contributed by atoms with Crippen LogP contribution in [0.5, 0.6) is 5.75 Å². The highest BCUT2D eigenvalue weighted by Gasteiger charge is 2.45. The molecule has 0 aliphatic carbocycles. The van der Waals surface area contributed by atoms with Gasteiger partial charge in [-0.2, -0.15) is 31.4 Å². The summed E-state index contributed by atoms with van der Waals surface area (Å²) in [6.07, 6.45) is -8.71. The number of para-hydroxylation sites is 1. The SMILES string of the molecule is CCc1cccc(CC)c1-n1nc2c(c1-c1ccc(F)c3c1ccn3C(=O)OCc1ccc(OP(=O)(O)O)c(F)c1)CN(Cc1ccc(C(F)(F)F)cc1C(F)(F)F)C2(C)C. The van der Waals surface area contributed by atoms with Gasteiger partial charge in [0.05, 0.1) is 39.3 Å². The van der Waals surface area contributed by atoms with E-state index in [0.717, 1.165) is 45.6 Å². The largest absolute Gasteiger partial charge is 0.524 e.